The molecule has 2 heteroatoms. The van der Waals surface area contributed by atoms with E-state index in [9.17, 15) is 0 Å². The molecule has 0 saturated carbocycles. The van der Waals surface area contributed by atoms with Crippen LogP contribution in [0.4, 0.5) is 17.1 Å². The van der Waals surface area contributed by atoms with Gasteiger partial charge in [0.05, 0.1) is 5.69 Å². The molecule has 0 amide bonds. The van der Waals surface area contributed by atoms with Gasteiger partial charge in [0.2, 0.25) is 0 Å². The Morgan fingerprint density at radius 3 is 1.52 bits per heavy atom. The van der Waals surface area contributed by atoms with Crippen molar-refractivity contribution in [2.45, 2.75) is 104 Å². The zero-order chi connectivity index (χ0) is 38.6. The van der Waals surface area contributed by atoms with E-state index in [1.165, 1.54) is 74.2 Å². The molecular weight excluding hydrogens is 718 g/mol. The Balaban J connectivity index is 1.54. The molecule has 6 aromatic rings. The summed E-state index contributed by atoms with van der Waals surface area (Å²) in [7, 11) is 0. The number of rotatable bonds is 6. The first-order chi connectivity index (χ1) is 25.4. The van der Waals surface area contributed by atoms with E-state index in [-0.39, 0.29) is 21.7 Å². The Morgan fingerprint density at radius 1 is 0.481 bits per heavy atom. The largest absolute Gasteiger partial charge is 0.309 e. The predicted molar refractivity (Wildman–Crippen MR) is 238 cm³/mol. The lowest BCUT2D eigenvalue weighted by atomic mass is 9.61. The van der Waals surface area contributed by atoms with Gasteiger partial charge in [-0.2, -0.15) is 0 Å². The van der Waals surface area contributed by atoms with Crippen LogP contribution in [0.25, 0.3) is 33.4 Å². The molecule has 0 bridgehead atoms. The van der Waals surface area contributed by atoms with Crippen LogP contribution in [0.15, 0.2) is 138 Å². The van der Waals surface area contributed by atoms with E-state index in [4.69, 9.17) is 0 Å². The standard InChI is InChI=1S/C52H56BrN/c1-49(2,3)38-30-40(53)34-42(31-38)54(41-26-24-37(25-27-41)43-22-17-23-46-47(43)52(9,10)29-28-51(46,7)8)48-44(35-18-13-11-14-19-35)32-39(50(4,5)6)33-45(48)36-20-15-12-16-21-36/h11-27,30-34H,28-29H2,1-10H3. The van der Waals surface area contributed by atoms with Gasteiger partial charge in [-0.3, -0.25) is 0 Å². The minimum Gasteiger partial charge on any atom is -0.309 e. The lowest BCUT2D eigenvalue weighted by Gasteiger charge is -2.43. The molecule has 0 saturated heterocycles. The van der Waals surface area contributed by atoms with Gasteiger partial charge >= 0.3 is 0 Å². The summed E-state index contributed by atoms with van der Waals surface area (Å²) >= 11 is 3.95. The fourth-order valence-electron chi connectivity index (χ4n) is 8.29. The maximum absolute atomic E-state index is 3.95. The van der Waals surface area contributed by atoms with Crippen molar-refractivity contribution in [2.24, 2.45) is 0 Å². The van der Waals surface area contributed by atoms with Crippen LogP contribution in [0, 0.1) is 0 Å². The summed E-state index contributed by atoms with van der Waals surface area (Å²) in [5.41, 5.74) is 16.6. The maximum atomic E-state index is 3.95. The Labute approximate surface area is 333 Å². The smallest absolute Gasteiger partial charge is 0.0618 e. The van der Waals surface area contributed by atoms with Crippen molar-refractivity contribution < 1.29 is 0 Å². The fourth-order valence-corrected chi connectivity index (χ4v) is 8.77. The minimum atomic E-state index is -0.0512. The molecule has 7 rings (SSSR count). The van der Waals surface area contributed by atoms with Crippen molar-refractivity contribution in [1.29, 1.82) is 0 Å². The topological polar surface area (TPSA) is 3.24 Å². The third-order valence-corrected chi connectivity index (χ3v) is 12.1. The zero-order valence-electron chi connectivity index (χ0n) is 33.9. The van der Waals surface area contributed by atoms with Crippen LogP contribution in [0.5, 0.6) is 0 Å². The Kier molecular flexibility index (Phi) is 9.84. The van der Waals surface area contributed by atoms with E-state index in [2.05, 4.69) is 224 Å². The van der Waals surface area contributed by atoms with Gasteiger partial charge in [0.15, 0.2) is 0 Å². The molecular formula is C52H56BrN. The second kappa shape index (κ2) is 14.0. The molecule has 0 unspecified atom stereocenters. The molecule has 0 heterocycles. The van der Waals surface area contributed by atoms with Crippen molar-refractivity contribution in [1.82, 2.24) is 0 Å². The van der Waals surface area contributed by atoms with Gasteiger partial charge in [-0.05, 0) is 121 Å². The molecule has 0 N–H and O–H groups in total. The van der Waals surface area contributed by atoms with Gasteiger partial charge in [-0.1, -0.05) is 176 Å². The predicted octanol–water partition coefficient (Wildman–Crippen LogP) is 15.9. The number of halogens is 1. The highest BCUT2D eigenvalue weighted by molar-refractivity contribution is 9.10. The van der Waals surface area contributed by atoms with Gasteiger partial charge in [0, 0.05) is 27.0 Å². The van der Waals surface area contributed by atoms with E-state index in [0.717, 1.165) is 15.8 Å². The summed E-state index contributed by atoms with van der Waals surface area (Å²) < 4.78 is 1.07. The summed E-state index contributed by atoms with van der Waals surface area (Å²) in [6.45, 7) is 23.5. The van der Waals surface area contributed by atoms with Gasteiger partial charge in [-0.15, -0.1) is 0 Å². The summed E-state index contributed by atoms with van der Waals surface area (Å²) in [5.74, 6) is 0. The third-order valence-electron chi connectivity index (χ3n) is 11.7. The van der Waals surface area contributed by atoms with Gasteiger partial charge in [0.25, 0.3) is 0 Å². The number of benzene rings is 6. The Morgan fingerprint density at radius 2 is 0.981 bits per heavy atom. The van der Waals surface area contributed by atoms with Crippen molar-refractivity contribution >= 4 is 33.0 Å². The van der Waals surface area contributed by atoms with E-state index in [1.54, 1.807) is 0 Å². The molecule has 0 fully saturated rings. The Hall–Kier alpha value is -4.40. The van der Waals surface area contributed by atoms with E-state index in [1.807, 2.05) is 0 Å². The second-order valence-corrected chi connectivity index (χ2v) is 19.6. The molecule has 54 heavy (non-hydrogen) atoms. The van der Waals surface area contributed by atoms with Crippen molar-refractivity contribution in [3.63, 3.8) is 0 Å². The number of nitrogens with zero attached hydrogens (tertiary/aromatic N) is 1. The van der Waals surface area contributed by atoms with Crippen LogP contribution in [-0.2, 0) is 21.7 Å². The Bertz CT molecular complexity index is 2220. The first-order valence-corrected chi connectivity index (χ1v) is 20.4. The van der Waals surface area contributed by atoms with Crippen LogP contribution in [-0.4, -0.2) is 0 Å². The molecule has 6 aromatic carbocycles. The summed E-state index contributed by atoms with van der Waals surface area (Å²) in [4.78, 5) is 2.51. The minimum absolute atomic E-state index is 0.0400. The maximum Gasteiger partial charge on any atom is 0.0618 e. The SMILES string of the molecule is CC(C)(C)c1cc(Br)cc(N(c2ccc(-c3cccc4c3C(C)(C)CCC4(C)C)cc2)c2c(-c3ccccc3)cc(C(C)(C)C)cc2-c2ccccc2)c1. The van der Waals surface area contributed by atoms with Crippen LogP contribution >= 0.6 is 15.9 Å². The normalized spacial score (nSPS) is 15.1. The van der Waals surface area contributed by atoms with Gasteiger partial charge in [0.1, 0.15) is 0 Å². The first-order valence-electron chi connectivity index (χ1n) is 19.6. The quantitative estimate of drug-likeness (QED) is 0.163. The second-order valence-electron chi connectivity index (χ2n) is 18.7. The van der Waals surface area contributed by atoms with Crippen molar-refractivity contribution in [3.8, 4) is 33.4 Å². The number of fused-ring (bicyclic) bond motifs is 1. The van der Waals surface area contributed by atoms with Crippen LogP contribution in [0.1, 0.15) is 104 Å². The average Bonchev–Trinajstić information content (AvgIpc) is 3.13. The van der Waals surface area contributed by atoms with Crippen LogP contribution < -0.4 is 4.90 Å². The molecule has 0 spiro atoms. The number of anilines is 3. The van der Waals surface area contributed by atoms with E-state index in [0.29, 0.717) is 0 Å². The first kappa shape index (κ1) is 37.9. The molecule has 0 aromatic heterocycles. The molecule has 0 aliphatic heterocycles. The monoisotopic (exact) mass is 773 g/mol. The number of hydrogen-bond acceptors (Lipinski definition) is 1. The average molecular weight is 775 g/mol. The molecule has 0 atom stereocenters. The fraction of sp³-hybridized carbons (Fsp3) is 0.308. The van der Waals surface area contributed by atoms with Gasteiger partial charge in [-0.25, -0.2) is 0 Å². The van der Waals surface area contributed by atoms with E-state index >= 15 is 0 Å². The third kappa shape index (κ3) is 7.35. The highest BCUT2D eigenvalue weighted by atomic mass is 79.9. The summed E-state index contributed by atoms with van der Waals surface area (Å²) in [6.07, 6.45) is 2.39. The molecule has 1 nitrogen and oxygen atoms in total. The highest BCUT2D eigenvalue weighted by Crippen LogP contribution is 2.52. The number of hydrogen-bond donors (Lipinski definition) is 0. The zero-order valence-corrected chi connectivity index (χ0v) is 35.5. The van der Waals surface area contributed by atoms with Crippen LogP contribution in [0.2, 0.25) is 0 Å². The van der Waals surface area contributed by atoms with Crippen molar-refractivity contribution in [3.05, 3.63) is 160 Å². The van der Waals surface area contributed by atoms with E-state index < -0.39 is 0 Å². The lowest BCUT2D eigenvalue weighted by molar-refractivity contribution is 0.333. The molecule has 1 aliphatic rings. The van der Waals surface area contributed by atoms with Gasteiger partial charge < -0.3 is 4.90 Å². The lowest BCUT2D eigenvalue weighted by Crippen LogP contribution is -2.34. The molecule has 1 aliphatic carbocycles. The summed E-state index contributed by atoms with van der Waals surface area (Å²) in [5, 5.41) is 0. The molecule has 276 valence electrons. The van der Waals surface area contributed by atoms with Crippen LogP contribution in [0.3, 0.4) is 0 Å². The van der Waals surface area contributed by atoms with Crippen molar-refractivity contribution in [2.75, 3.05) is 4.90 Å². The summed E-state index contributed by atoms with van der Waals surface area (Å²) in [6, 6.07) is 50.0. The molecule has 0 radical (unpaired) electrons. The highest BCUT2D eigenvalue weighted by Gasteiger charge is 2.38.